The highest BCUT2D eigenvalue weighted by Gasteiger charge is 2.01. The number of anilines is 1. The van der Waals surface area contributed by atoms with E-state index in [2.05, 4.69) is 4.98 Å². The molecule has 2 N–H and O–H groups in total. The van der Waals surface area contributed by atoms with Crippen LogP contribution in [0.4, 0.5) is 10.2 Å². The van der Waals surface area contributed by atoms with Crippen LogP contribution in [-0.2, 0) is 6.61 Å². The Morgan fingerprint density at radius 3 is 2.32 bits per heavy atom. The summed E-state index contributed by atoms with van der Waals surface area (Å²) in [5.74, 6) is 0.994. The first-order valence-corrected chi connectivity index (χ1v) is 6.91. The average molecular weight is 294 g/mol. The van der Waals surface area contributed by atoms with Crippen molar-refractivity contribution in [2.45, 2.75) is 6.61 Å². The van der Waals surface area contributed by atoms with Crippen molar-refractivity contribution >= 4 is 5.82 Å². The van der Waals surface area contributed by atoms with Crippen molar-refractivity contribution in [1.29, 1.82) is 0 Å². The van der Waals surface area contributed by atoms with Gasteiger partial charge in [0.25, 0.3) is 0 Å². The molecule has 22 heavy (non-hydrogen) atoms. The fourth-order valence-corrected chi connectivity index (χ4v) is 2.08. The molecule has 0 aliphatic rings. The molecule has 0 saturated heterocycles. The molecule has 0 atom stereocenters. The number of aromatic nitrogens is 1. The molecule has 1 heterocycles. The largest absolute Gasteiger partial charge is 0.489 e. The van der Waals surface area contributed by atoms with Crippen LogP contribution in [0.1, 0.15) is 5.56 Å². The van der Waals surface area contributed by atoms with Crippen molar-refractivity contribution in [3.63, 3.8) is 0 Å². The fourth-order valence-electron chi connectivity index (χ4n) is 2.08. The van der Waals surface area contributed by atoms with Gasteiger partial charge in [-0.1, -0.05) is 18.2 Å². The molecule has 2 aromatic carbocycles. The summed E-state index contributed by atoms with van der Waals surface area (Å²) in [5, 5.41) is 0. The number of benzene rings is 2. The smallest absolute Gasteiger partial charge is 0.124 e. The van der Waals surface area contributed by atoms with Gasteiger partial charge >= 0.3 is 0 Å². The van der Waals surface area contributed by atoms with E-state index in [0.717, 1.165) is 22.6 Å². The van der Waals surface area contributed by atoms with E-state index in [1.165, 1.54) is 12.1 Å². The molecule has 0 saturated carbocycles. The van der Waals surface area contributed by atoms with Crippen molar-refractivity contribution < 1.29 is 9.13 Å². The van der Waals surface area contributed by atoms with E-state index in [1.807, 2.05) is 36.4 Å². The van der Waals surface area contributed by atoms with E-state index in [0.29, 0.717) is 12.4 Å². The monoisotopic (exact) mass is 294 g/mol. The molecule has 4 heteroatoms. The number of nitrogens with two attached hydrogens (primary N) is 1. The van der Waals surface area contributed by atoms with Gasteiger partial charge in [-0.05, 0) is 54.1 Å². The minimum Gasteiger partial charge on any atom is -0.489 e. The minimum atomic E-state index is -0.247. The number of halogens is 1. The van der Waals surface area contributed by atoms with Gasteiger partial charge in [0.1, 0.15) is 24.0 Å². The Morgan fingerprint density at radius 1 is 0.909 bits per heavy atom. The summed E-state index contributed by atoms with van der Waals surface area (Å²) in [4.78, 5) is 4.28. The highest BCUT2D eigenvalue weighted by molar-refractivity contribution is 5.61. The van der Waals surface area contributed by atoms with Crippen LogP contribution in [0.2, 0.25) is 0 Å². The second-order valence-corrected chi connectivity index (χ2v) is 4.89. The van der Waals surface area contributed by atoms with Crippen LogP contribution in [-0.4, -0.2) is 4.98 Å². The molecule has 0 spiro atoms. The van der Waals surface area contributed by atoms with E-state index >= 15 is 0 Å². The topological polar surface area (TPSA) is 48.1 Å². The molecular weight excluding hydrogens is 279 g/mol. The van der Waals surface area contributed by atoms with E-state index < -0.39 is 0 Å². The van der Waals surface area contributed by atoms with Crippen LogP contribution < -0.4 is 10.5 Å². The Labute approximate surface area is 128 Å². The fraction of sp³-hybridized carbons (Fsp3) is 0.0556. The molecule has 3 rings (SSSR count). The molecular formula is C18H15FN2O. The third-order valence-electron chi connectivity index (χ3n) is 3.24. The lowest BCUT2D eigenvalue weighted by atomic mass is 10.1. The zero-order valence-corrected chi connectivity index (χ0v) is 11.9. The maximum absolute atomic E-state index is 12.8. The highest BCUT2D eigenvalue weighted by Crippen LogP contribution is 2.22. The Morgan fingerprint density at radius 2 is 1.64 bits per heavy atom. The van der Waals surface area contributed by atoms with Gasteiger partial charge in [0.15, 0.2) is 0 Å². The summed E-state index contributed by atoms with van der Waals surface area (Å²) < 4.78 is 18.5. The molecule has 0 aliphatic heterocycles. The third kappa shape index (κ3) is 3.41. The van der Waals surface area contributed by atoms with Crippen molar-refractivity contribution in [1.82, 2.24) is 4.98 Å². The number of rotatable bonds is 4. The summed E-state index contributed by atoms with van der Waals surface area (Å²) >= 11 is 0. The summed E-state index contributed by atoms with van der Waals surface area (Å²) in [6.45, 7) is 0.399. The number of hydrogen-bond donors (Lipinski definition) is 1. The first-order chi connectivity index (χ1) is 10.7. The molecule has 3 nitrogen and oxygen atoms in total. The quantitative estimate of drug-likeness (QED) is 0.789. The SMILES string of the molecule is Nc1cccc(-c2ccc(OCc3ccc(F)cc3)cc2)n1. The number of nitrogens with zero attached hydrogens (tertiary/aromatic N) is 1. The Kier molecular flexibility index (Phi) is 4.01. The van der Waals surface area contributed by atoms with Crippen LogP contribution in [0.3, 0.4) is 0 Å². The zero-order valence-electron chi connectivity index (χ0n) is 11.9. The van der Waals surface area contributed by atoms with E-state index in [-0.39, 0.29) is 5.82 Å². The second-order valence-electron chi connectivity index (χ2n) is 4.89. The van der Waals surface area contributed by atoms with E-state index in [1.54, 1.807) is 18.2 Å². The Balaban J connectivity index is 1.68. The first-order valence-electron chi connectivity index (χ1n) is 6.91. The van der Waals surface area contributed by atoms with Gasteiger partial charge in [-0.25, -0.2) is 9.37 Å². The van der Waals surface area contributed by atoms with E-state index in [9.17, 15) is 4.39 Å². The minimum absolute atomic E-state index is 0.247. The second kappa shape index (κ2) is 6.26. The van der Waals surface area contributed by atoms with Crippen LogP contribution >= 0.6 is 0 Å². The highest BCUT2D eigenvalue weighted by atomic mass is 19.1. The van der Waals surface area contributed by atoms with Crippen LogP contribution in [0.5, 0.6) is 5.75 Å². The standard InChI is InChI=1S/C18H15FN2O/c19-15-8-4-13(5-9-15)12-22-16-10-6-14(7-11-16)17-2-1-3-18(20)21-17/h1-11H,12H2,(H2,20,21). The average Bonchev–Trinajstić information content (AvgIpc) is 2.55. The van der Waals surface area contributed by atoms with Gasteiger partial charge in [0.2, 0.25) is 0 Å². The normalized spacial score (nSPS) is 10.4. The number of hydrogen-bond acceptors (Lipinski definition) is 3. The molecule has 1 aromatic heterocycles. The number of nitrogen functional groups attached to an aromatic ring is 1. The predicted molar refractivity (Wildman–Crippen MR) is 84.8 cm³/mol. The van der Waals surface area contributed by atoms with Crippen LogP contribution in [0.25, 0.3) is 11.3 Å². The summed E-state index contributed by atoms with van der Waals surface area (Å²) in [6.07, 6.45) is 0. The predicted octanol–water partition coefficient (Wildman–Crippen LogP) is 4.05. The summed E-state index contributed by atoms with van der Waals surface area (Å²) in [7, 11) is 0. The third-order valence-corrected chi connectivity index (χ3v) is 3.24. The molecule has 0 fully saturated rings. The molecule has 0 amide bonds. The van der Waals surface area contributed by atoms with Crippen molar-refractivity contribution in [2.24, 2.45) is 0 Å². The van der Waals surface area contributed by atoms with Gasteiger partial charge in [0, 0.05) is 5.56 Å². The maximum Gasteiger partial charge on any atom is 0.124 e. The van der Waals surface area contributed by atoms with Gasteiger partial charge in [0.05, 0.1) is 5.69 Å². The van der Waals surface area contributed by atoms with Gasteiger partial charge in [-0.2, -0.15) is 0 Å². The molecule has 0 unspecified atom stereocenters. The molecule has 0 aliphatic carbocycles. The van der Waals surface area contributed by atoms with Gasteiger partial charge in [-0.15, -0.1) is 0 Å². The Bertz CT molecular complexity index is 755. The lowest BCUT2D eigenvalue weighted by Crippen LogP contribution is -1.95. The lowest BCUT2D eigenvalue weighted by Gasteiger charge is -2.07. The van der Waals surface area contributed by atoms with Gasteiger partial charge in [-0.3, -0.25) is 0 Å². The molecule has 0 radical (unpaired) electrons. The van der Waals surface area contributed by atoms with E-state index in [4.69, 9.17) is 10.5 Å². The van der Waals surface area contributed by atoms with Crippen LogP contribution in [0, 0.1) is 5.82 Å². The number of ether oxygens (including phenoxy) is 1. The van der Waals surface area contributed by atoms with Crippen molar-refractivity contribution in [3.8, 4) is 17.0 Å². The zero-order chi connectivity index (χ0) is 15.4. The van der Waals surface area contributed by atoms with Crippen LogP contribution in [0.15, 0.2) is 66.7 Å². The lowest BCUT2D eigenvalue weighted by molar-refractivity contribution is 0.306. The number of pyridine rings is 1. The Hall–Kier alpha value is -2.88. The van der Waals surface area contributed by atoms with Gasteiger partial charge < -0.3 is 10.5 Å². The first kappa shape index (κ1) is 14.1. The molecule has 0 bridgehead atoms. The summed E-state index contributed by atoms with van der Waals surface area (Å²) in [6, 6.07) is 19.4. The van der Waals surface area contributed by atoms with Crippen molar-refractivity contribution in [2.75, 3.05) is 5.73 Å². The summed E-state index contributed by atoms with van der Waals surface area (Å²) in [5.41, 5.74) is 8.40. The maximum atomic E-state index is 12.8. The van der Waals surface area contributed by atoms with Crippen molar-refractivity contribution in [3.05, 3.63) is 78.1 Å². The molecule has 3 aromatic rings. The molecule has 110 valence electrons.